The lowest BCUT2D eigenvalue weighted by atomic mass is 9.90. The monoisotopic (exact) mass is 560 g/mol. The highest BCUT2D eigenvalue weighted by Crippen LogP contribution is 2.29. The van der Waals surface area contributed by atoms with Crippen LogP contribution in [0.1, 0.15) is 59.3 Å². The highest BCUT2D eigenvalue weighted by Gasteiger charge is 2.39. The molecule has 0 spiro atoms. The molecule has 212 valence electrons. The summed E-state index contributed by atoms with van der Waals surface area (Å²) in [6.07, 6.45) is 5.00. The van der Waals surface area contributed by atoms with E-state index >= 15 is 0 Å². The Morgan fingerprint density at radius 3 is 2.45 bits per heavy atom. The molecule has 8 heteroatoms. The standard InChI is InChI=1S/C32H40N4O3S/c1-39-28-10-5-9-24(19-28)22-35(21-23-7-3-2-4-8-23)27-16-17-36(32(38)30-11-6-18-40-30)29(20-27)31(37)34-26-14-12-25(33)13-15-26/h2-11,18-19,25-27,29H,12-17,20-22,33H2,1H3,(H,34,37)/t25?,26?,27?,29-/m1/s1. The molecule has 1 saturated carbocycles. The van der Waals surface area contributed by atoms with Crippen molar-refractivity contribution in [3.05, 3.63) is 88.1 Å². The summed E-state index contributed by atoms with van der Waals surface area (Å²) in [5.41, 5.74) is 8.49. The van der Waals surface area contributed by atoms with Gasteiger partial charge in [0, 0.05) is 37.8 Å². The van der Waals surface area contributed by atoms with Crippen molar-refractivity contribution in [2.45, 2.75) is 75.8 Å². The minimum atomic E-state index is -0.521. The molecule has 5 rings (SSSR count). The van der Waals surface area contributed by atoms with Crippen molar-refractivity contribution < 1.29 is 14.3 Å². The summed E-state index contributed by atoms with van der Waals surface area (Å²) in [4.78, 5) is 32.3. The second-order valence-corrected chi connectivity index (χ2v) is 12.0. The first-order valence-corrected chi connectivity index (χ1v) is 15.2. The molecule has 1 aliphatic carbocycles. The number of hydrogen-bond acceptors (Lipinski definition) is 6. The predicted octanol–water partition coefficient (Wildman–Crippen LogP) is 4.82. The molecule has 40 heavy (non-hydrogen) atoms. The van der Waals surface area contributed by atoms with Crippen LogP contribution >= 0.6 is 11.3 Å². The molecule has 2 aliphatic rings. The van der Waals surface area contributed by atoms with Crippen molar-refractivity contribution in [1.82, 2.24) is 15.1 Å². The SMILES string of the molecule is COc1cccc(CN(Cc2ccccc2)C2CCN(C(=O)c3cccs3)[C@@H](C(=O)NC3CCC(N)CC3)C2)c1. The Hall–Kier alpha value is -3.20. The number of nitrogens with two attached hydrogens (primary N) is 1. The second kappa shape index (κ2) is 13.4. The number of nitrogens with zero attached hydrogens (tertiary/aromatic N) is 2. The van der Waals surface area contributed by atoms with E-state index in [-0.39, 0.29) is 29.9 Å². The van der Waals surface area contributed by atoms with Crippen LogP contribution in [0.5, 0.6) is 5.75 Å². The average Bonchev–Trinajstić information content (AvgIpc) is 3.53. The van der Waals surface area contributed by atoms with Crippen LogP contribution in [-0.2, 0) is 17.9 Å². The van der Waals surface area contributed by atoms with Gasteiger partial charge in [0.15, 0.2) is 0 Å². The molecule has 7 nitrogen and oxygen atoms in total. The molecule has 2 heterocycles. The van der Waals surface area contributed by atoms with Crippen LogP contribution in [0, 0.1) is 0 Å². The fraction of sp³-hybridized carbons (Fsp3) is 0.438. The van der Waals surface area contributed by atoms with Gasteiger partial charge in [-0.25, -0.2) is 0 Å². The van der Waals surface area contributed by atoms with Crippen LogP contribution in [0.15, 0.2) is 72.1 Å². The molecule has 1 aromatic heterocycles. The molecule has 2 aromatic carbocycles. The highest BCUT2D eigenvalue weighted by atomic mass is 32.1. The zero-order valence-electron chi connectivity index (χ0n) is 23.2. The smallest absolute Gasteiger partial charge is 0.264 e. The van der Waals surface area contributed by atoms with Crippen LogP contribution in [0.2, 0.25) is 0 Å². The van der Waals surface area contributed by atoms with Crippen molar-refractivity contribution in [2.24, 2.45) is 5.73 Å². The van der Waals surface area contributed by atoms with Gasteiger partial charge in [0.2, 0.25) is 5.91 Å². The number of carbonyl (C=O) groups excluding carboxylic acids is 2. The number of likely N-dealkylation sites (tertiary alicyclic amines) is 1. The minimum Gasteiger partial charge on any atom is -0.497 e. The lowest BCUT2D eigenvalue weighted by molar-refractivity contribution is -0.128. The second-order valence-electron chi connectivity index (χ2n) is 11.0. The molecule has 2 amide bonds. The lowest BCUT2D eigenvalue weighted by Gasteiger charge is -2.43. The maximum Gasteiger partial charge on any atom is 0.264 e. The van der Waals surface area contributed by atoms with Gasteiger partial charge in [-0.1, -0.05) is 48.5 Å². The number of thiophene rings is 1. The largest absolute Gasteiger partial charge is 0.497 e. The maximum atomic E-state index is 13.8. The number of nitrogens with one attached hydrogen (secondary N) is 1. The Morgan fingerprint density at radius 2 is 1.73 bits per heavy atom. The first kappa shape index (κ1) is 28.3. The van der Waals surface area contributed by atoms with E-state index in [0.29, 0.717) is 17.8 Å². The number of hydrogen-bond donors (Lipinski definition) is 2. The number of rotatable bonds is 9. The van der Waals surface area contributed by atoms with Crippen molar-refractivity contribution in [2.75, 3.05) is 13.7 Å². The number of benzene rings is 2. The average molecular weight is 561 g/mol. The van der Waals surface area contributed by atoms with Crippen molar-refractivity contribution in [3.63, 3.8) is 0 Å². The third kappa shape index (κ3) is 7.11. The maximum absolute atomic E-state index is 13.8. The van der Waals surface area contributed by atoms with Gasteiger partial charge in [0.05, 0.1) is 12.0 Å². The van der Waals surface area contributed by atoms with Crippen LogP contribution in [0.3, 0.4) is 0 Å². The van der Waals surface area contributed by atoms with E-state index < -0.39 is 6.04 Å². The van der Waals surface area contributed by atoms with E-state index in [1.165, 1.54) is 16.9 Å². The Bertz CT molecular complexity index is 1240. The zero-order chi connectivity index (χ0) is 27.9. The molecule has 1 aliphatic heterocycles. The summed E-state index contributed by atoms with van der Waals surface area (Å²) in [5.74, 6) is 0.732. The Balaban J connectivity index is 1.38. The normalized spacial score (nSPS) is 23.1. The van der Waals surface area contributed by atoms with Crippen LogP contribution in [-0.4, -0.2) is 59.4 Å². The Morgan fingerprint density at radius 1 is 0.975 bits per heavy atom. The molecule has 0 bridgehead atoms. The van der Waals surface area contributed by atoms with Gasteiger partial charge < -0.3 is 20.7 Å². The first-order valence-electron chi connectivity index (χ1n) is 14.3. The third-order valence-electron chi connectivity index (χ3n) is 8.25. The summed E-state index contributed by atoms with van der Waals surface area (Å²) in [7, 11) is 1.68. The van der Waals surface area contributed by atoms with Gasteiger partial charge >= 0.3 is 0 Å². The predicted molar refractivity (Wildman–Crippen MR) is 159 cm³/mol. The fourth-order valence-electron chi connectivity index (χ4n) is 6.01. The molecule has 3 aromatic rings. The van der Waals surface area contributed by atoms with E-state index in [4.69, 9.17) is 10.5 Å². The topological polar surface area (TPSA) is 87.9 Å². The molecule has 2 fully saturated rings. The number of methoxy groups -OCH3 is 1. The van der Waals surface area contributed by atoms with Gasteiger partial charge in [0.25, 0.3) is 5.91 Å². The molecule has 1 unspecified atom stereocenters. The molecule has 1 saturated heterocycles. The van der Waals surface area contributed by atoms with Crippen LogP contribution in [0.4, 0.5) is 0 Å². The highest BCUT2D eigenvalue weighted by molar-refractivity contribution is 7.12. The quantitative estimate of drug-likeness (QED) is 0.392. The van der Waals surface area contributed by atoms with E-state index in [9.17, 15) is 9.59 Å². The summed E-state index contributed by atoms with van der Waals surface area (Å²) in [6.45, 7) is 2.03. The first-order chi connectivity index (χ1) is 19.5. The van der Waals surface area contributed by atoms with Crippen molar-refractivity contribution >= 4 is 23.2 Å². The number of ether oxygens (including phenoxy) is 1. The van der Waals surface area contributed by atoms with Gasteiger partial charge in [0.1, 0.15) is 11.8 Å². The Kier molecular flexibility index (Phi) is 9.52. The lowest BCUT2D eigenvalue weighted by Crippen LogP contribution is -2.58. The Labute approximate surface area is 241 Å². The number of amides is 2. The summed E-state index contributed by atoms with van der Waals surface area (Å²) in [5, 5.41) is 5.21. The van der Waals surface area contributed by atoms with Crippen molar-refractivity contribution in [3.8, 4) is 5.75 Å². The summed E-state index contributed by atoms with van der Waals surface area (Å²) >= 11 is 1.43. The van der Waals surface area contributed by atoms with Gasteiger partial charge in [-0.15, -0.1) is 11.3 Å². The molecular formula is C32H40N4O3S. The summed E-state index contributed by atoms with van der Waals surface area (Å²) < 4.78 is 5.48. The van der Waals surface area contributed by atoms with Gasteiger partial charge in [-0.3, -0.25) is 14.5 Å². The molecular weight excluding hydrogens is 520 g/mol. The zero-order valence-corrected chi connectivity index (χ0v) is 24.0. The minimum absolute atomic E-state index is 0.0453. The van der Waals surface area contributed by atoms with E-state index in [1.54, 1.807) is 12.0 Å². The third-order valence-corrected chi connectivity index (χ3v) is 9.11. The van der Waals surface area contributed by atoms with E-state index in [2.05, 4.69) is 46.6 Å². The number of piperidine rings is 1. The van der Waals surface area contributed by atoms with Crippen LogP contribution in [0.25, 0.3) is 0 Å². The fourth-order valence-corrected chi connectivity index (χ4v) is 6.69. The molecule has 3 N–H and O–H groups in total. The number of carbonyl (C=O) groups is 2. The van der Waals surface area contributed by atoms with Crippen LogP contribution < -0.4 is 15.8 Å². The van der Waals surface area contributed by atoms with E-state index in [0.717, 1.165) is 56.5 Å². The molecule has 0 radical (unpaired) electrons. The summed E-state index contributed by atoms with van der Waals surface area (Å²) in [6, 6.07) is 22.3. The van der Waals surface area contributed by atoms with Crippen molar-refractivity contribution in [1.29, 1.82) is 0 Å². The van der Waals surface area contributed by atoms with E-state index in [1.807, 2.05) is 35.7 Å². The molecule has 2 atom stereocenters. The van der Waals surface area contributed by atoms with Gasteiger partial charge in [-0.05, 0) is 73.2 Å². The van der Waals surface area contributed by atoms with Gasteiger partial charge in [-0.2, -0.15) is 0 Å².